The Hall–Kier alpha value is -2.92. The Bertz CT molecular complexity index is 1140. The van der Waals surface area contributed by atoms with E-state index in [9.17, 15) is 18.9 Å². The molecule has 156 valence electrons. The highest BCUT2D eigenvalue weighted by atomic mass is 32.1. The van der Waals surface area contributed by atoms with E-state index in [-0.39, 0.29) is 11.8 Å². The number of hydrogen-bond acceptors (Lipinski definition) is 7. The first kappa shape index (κ1) is 19.1. The molecule has 0 N–H and O–H groups in total. The molecule has 1 aromatic carbocycles. The van der Waals surface area contributed by atoms with Crippen LogP contribution < -0.4 is 4.74 Å². The summed E-state index contributed by atoms with van der Waals surface area (Å²) in [5, 5.41) is 11.5. The molecule has 5 rings (SSSR count). The number of imidazole rings is 1. The number of nitro groups is 1. The van der Waals surface area contributed by atoms with E-state index >= 15 is 0 Å². The molecule has 0 saturated carbocycles. The Morgan fingerprint density at radius 1 is 1.33 bits per heavy atom. The van der Waals surface area contributed by atoms with Gasteiger partial charge in [-0.15, -0.1) is 11.3 Å². The molecule has 0 unspecified atom stereocenters. The minimum Gasteiger partial charge on any atom is -0.436 e. The first-order chi connectivity index (χ1) is 14.3. The second kappa shape index (κ2) is 6.81. The maximum atomic E-state index is 13.6. The SMILES string of the molecule is C[C@]1(CN2CCc3nc(-c4ccc(F)c(F)c4)sc3C2)Cn2cc([N+](=O)[O-])nc2O1. The Kier molecular flexibility index (Phi) is 4.33. The van der Waals surface area contributed by atoms with E-state index in [1.165, 1.54) is 29.7 Å². The maximum Gasteiger partial charge on any atom is 0.415 e. The lowest BCUT2D eigenvalue weighted by Gasteiger charge is -2.32. The third-order valence-electron chi connectivity index (χ3n) is 5.29. The minimum atomic E-state index is -0.883. The van der Waals surface area contributed by atoms with Crippen LogP contribution in [-0.2, 0) is 19.5 Å². The average molecular weight is 433 g/mol. The summed E-state index contributed by atoms with van der Waals surface area (Å²) in [7, 11) is 0. The molecular formula is C19H17F2N5O3S. The van der Waals surface area contributed by atoms with Gasteiger partial charge in [-0.3, -0.25) is 9.47 Å². The van der Waals surface area contributed by atoms with E-state index in [1.54, 1.807) is 4.57 Å². The topological polar surface area (TPSA) is 86.3 Å². The Morgan fingerprint density at radius 2 is 2.17 bits per heavy atom. The van der Waals surface area contributed by atoms with E-state index in [0.717, 1.165) is 29.6 Å². The standard InChI is InChI=1S/C19H17F2N5O3S/c1-19(10-25-8-16(26(27)28)23-18(25)29-19)9-24-5-4-14-15(7-24)30-17(22-14)11-2-3-12(20)13(21)6-11/h2-3,6,8H,4-5,7,9-10H2,1H3/t19-/m0/s1. The average Bonchev–Trinajstić information content (AvgIpc) is 3.34. The largest absolute Gasteiger partial charge is 0.436 e. The lowest BCUT2D eigenvalue weighted by molar-refractivity contribution is -0.389. The van der Waals surface area contributed by atoms with Crippen molar-refractivity contribution in [3.05, 3.63) is 56.7 Å². The van der Waals surface area contributed by atoms with Crippen LogP contribution in [0.5, 0.6) is 6.01 Å². The van der Waals surface area contributed by atoms with Crippen LogP contribution >= 0.6 is 11.3 Å². The predicted molar refractivity (Wildman–Crippen MR) is 104 cm³/mol. The number of hydrogen-bond donors (Lipinski definition) is 0. The highest BCUT2D eigenvalue weighted by Crippen LogP contribution is 2.35. The lowest BCUT2D eigenvalue weighted by Crippen LogP contribution is -2.46. The molecule has 2 aliphatic rings. The number of halogens is 2. The molecule has 2 aliphatic heterocycles. The van der Waals surface area contributed by atoms with Crippen molar-refractivity contribution >= 4 is 17.2 Å². The summed E-state index contributed by atoms with van der Waals surface area (Å²) in [4.78, 5) is 22.2. The number of aromatic nitrogens is 3. The first-order valence-electron chi connectivity index (χ1n) is 9.37. The molecule has 0 radical (unpaired) electrons. The first-order valence-corrected chi connectivity index (χ1v) is 10.2. The molecule has 0 amide bonds. The van der Waals surface area contributed by atoms with E-state index in [4.69, 9.17) is 4.74 Å². The maximum absolute atomic E-state index is 13.6. The van der Waals surface area contributed by atoms with E-state index < -0.39 is 22.2 Å². The molecule has 0 fully saturated rings. The van der Waals surface area contributed by atoms with Crippen LogP contribution in [0.25, 0.3) is 10.6 Å². The van der Waals surface area contributed by atoms with Gasteiger partial charge in [0.1, 0.15) is 16.8 Å². The molecule has 4 heterocycles. The minimum absolute atomic E-state index is 0.218. The molecule has 3 aromatic rings. The van der Waals surface area contributed by atoms with Gasteiger partial charge < -0.3 is 14.9 Å². The summed E-state index contributed by atoms with van der Waals surface area (Å²) in [5.74, 6) is -1.98. The Balaban J connectivity index is 1.29. The second-order valence-corrected chi connectivity index (χ2v) is 8.88. The van der Waals surface area contributed by atoms with E-state index in [1.807, 2.05) is 6.92 Å². The van der Waals surface area contributed by atoms with Gasteiger partial charge in [0.2, 0.25) is 0 Å². The van der Waals surface area contributed by atoms with Crippen LogP contribution in [0.3, 0.4) is 0 Å². The fourth-order valence-corrected chi connectivity index (χ4v) is 5.12. The number of benzene rings is 1. The molecule has 11 heteroatoms. The Morgan fingerprint density at radius 3 is 2.90 bits per heavy atom. The van der Waals surface area contributed by atoms with Crippen molar-refractivity contribution in [2.45, 2.75) is 32.0 Å². The lowest BCUT2D eigenvalue weighted by atomic mass is 10.0. The van der Waals surface area contributed by atoms with Crippen LogP contribution in [0, 0.1) is 21.7 Å². The quantitative estimate of drug-likeness (QED) is 0.463. The van der Waals surface area contributed by atoms with Gasteiger partial charge >= 0.3 is 11.8 Å². The number of rotatable bonds is 4. The van der Waals surface area contributed by atoms with Gasteiger partial charge in [0, 0.05) is 41.5 Å². The predicted octanol–water partition coefficient (Wildman–Crippen LogP) is 3.40. The van der Waals surface area contributed by atoms with Crippen molar-refractivity contribution in [1.82, 2.24) is 19.4 Å². The highest BCUT2D eigenvalue weighted by molar-refractivity contribution is 7.15. The monoisotopic (exact) mass is 433 g/mol. The van der Waals surface area contributed by atoms with Crippen molar-refractivity contribution < 1.29 is 18.4 Å². The fraction of sp³-hybridized carbons (Fsp3) is 0.368. The van der Waals surface area contributed by atoms with Crippen molar-refractivity contribution in [1.29, 1.82) is 0 Å². The van der Waals surface area contributed by atoms with Gasteiger partial charge in [0.25, 0.3) is 0 Å². The van der Waals surface area contributed by atoms with Crippen molar-refractivity contribution in [3.8, 4) is 16.6 Å². The normalized spacial score (nSPS) is 20.6. The fourth-order valence-electron chi connectivity index (χ4n) is 3.97. The van der Waals surface area contributed by atoms with Gasteiger partial charge in [0.05, 0.1) is 12.2 Å². The summed E-state index contributed by atoms with van der Waals surface area (Å²) in [5.41, 5.74) is 1.01. The smallest absolute Gasteiger partial charge is 0.415 e. The zero-order valence-corrected chi connectivity index (χ0v) is 16.8. The molecule has 8 nitrogen and oxygen atoms in total. The van der Waals surface area contributed by atoms with Crippen LogP contribution in [0.15, 0.2) is 24.4 Å². The number of thiazole rings is 1. The summed E-state index contributed by atoms with van der Waals surface area (Å²) in [6.45, 7) is 4.53. The summed E-state index contributed by atoms with van der Waals surface area (Å²) in [6.07, 6.45) is 2.15. The van der Waals surface area contributed by atoms with Gasteiger partial charge in [-0.25, -0.2) is 13.8 Å². The molecule has 0 bridgehead atoms. The molecule has 0 spiro atoms. The van der Waals surface area contributed by atoms with Crippen LogP contribution in [0.4, 0.5) is 14.6 Å². The summed E-state index contributed by atoms with van der Waals surface area (Å²) < 4.78 is 34.4. The second-order valence-electron chi connectivity index (χ2n) is 7.80. The number of nitrogens with zero attached hydrogens (tertiary/aromatic N) is 5. The van der Waals surface area contributed by atoms with Crippen molar-refractivity contribution in [2.24, 2.45) is 0 Å². The van der Waals surface area contributed by atoms with E-state index in [2.05, 4.69) is 14.9 Å². The third-order valence-corrected chi connectivity index (χ3v) is 6.42. The van der Waals surface area contributed by atoms with Crippen LogP contribution in [-0.4, -0.2) is 43.0 Å². The zero-order valence-electron chi connectivity index (χ0n) is 16.0. The molecule has 1 atom stereocenters. The van der Waals surface area contributed by atoms with Crippen LogP contribution in [0.2, 0.25) is 0 Å². The van der Waals surface area contributed by atoms with Gasteiger partial charge in [-0.2, -0.15) is 0 Å². The van der Waals surface area contributed by atoms with E-state index in [0.29, 0.717) is 30.2 Å². The summed E-state index contributed by atoms with van der Waals surface area (Å²) in [6, 6.07) is 4.09. The highest BCUT2D eigenvalue weighted by Gasteiger charge is 2.42. The molecular weight excluding hydrogens is 416 g/mol. The molecule has 0 aliphatic carbocycles. The Labute approximate surface area is 173 Å². The van der Waals surface area contributed by atoms with Crippen LogP contribution in [0.1, 0.15) is 17.5 Å². The molecule has 30 heavy (non-hydrogen) atoms. The molecule has 0 saturated heterocycles. The van der Waals surface area contributed by atoms with Gasteiger partial charge in [0.15, 0.2) is 11.6 Å². The van der Waals surface area contributed by atoms with Crippen molar-refractivity contribution in [3.63, 3.8) is 0 Å². The molecule has 2 aromatic heterocycles. The number of fused-ring (bicyclic) bond motifs is 2. The van der Waals surface area contributed by atoms with Gasteiger partial charge in [-0.05, 0) is 30.0 Å². The van der Waals surface area contributed by atoms with Gasteiger partial charge in [-0.1, -0.05) is 0 Å². The zero-order chi connectivity index (χ0) is 21.0. The third kappa shape index (κ3) is 3.33. The van der Waals surface area contributed by atoms with Crippen molar-refractivity contribution in [2.75, 3.05) is 13.1 Å². The summed E-state index contributed by atoms with van der Waals surface area (Å²) >= 11 is 1.48. The number of ether oxygens (including phenoxy) is 1.